The van der Waals surface area contributed by atoms with Crippen LogP contribution in [0.3, 0.4) is 0 Å². The molecule has 2 rings (SSSR count). The van der Waals surface area contributed by atoms with Crippen LogP contribution in [0.5, 0.6) is 5.75 Å². The molecule has 0 radical (unpaired) electrons. The largest absolute Gasteiger partial charge is 0.504 e. The van der Waals surface area contributed by atoms with E-state index in [0.29, 0.717) is 5.56 Å². The van der Waals surface area contributed by atoms with E-state index < -0.39 is 11.9 Å². The van der Waals surface area contributed by atoms with Crippen LogP contribution >= 0.6 is 15.9 Å². The minimum absolute atomic E-state index is 0.0571. The first-order valence-corrected chi connectivity index (χ1v) is 7.97. The highest BCUT2D eigenvalue weighted by Gasteiger charge is 2.21. The number of hydrogen-bond donors (Lipinski definition) is 1. The van der Waals surface area contributed by atoms with Crippen molar-refractivity contribution in [3.05, 3.63) is 40.3 Å². The second kappa shape index (κ2) is 7.87. The Labute approximate surface area is 146 Å². The van der Waals surface area contributed by atoms with Gasteiger partial charge in [-0.2, -0.15) is 0 Å². The van der Waals surface area contributed by atoms with Crippen LogP contribution in [0, 0.1) is 0 Å². The number of pyridine rings is 2. The summed E-state index contributed by atoms with van der Waals surface area (Å²) in [6, 6.07) is 2.84. The molecule has 0 atom stereocenters. The summed E-state index contributed by atoms with van der Waals surface area (Å²) >= 11 is 3.10. The lowest BCUT2D eigenvalue weighted by molar-refractivity contribution is 0.0515. The maximum atomic E-state index is 12.1. The van der Waals surface area contributed by atoms with E-state index in [1.165, 1.54) is 24.5 Å². The van der Waals surface area contributed by atoms with E-state index in [0.717, 1.165) is 0 Å². The fourth-order valence-electron chi connectivity index (χ4n) is 2.00. The van der Waals surface area contributed by atoms with Gasteiger partial charge >= 0.3 is 11.9 Å². The zero-order valence-electron chi connectivity index (χ0n) is 13.1. The number of aromatic nitrogens is 2. The Balaban J connectivity index is 2.58. The Morgan fingerprint density at radius 1 is 1.17 bits per heavy atom. The van der Waals surface area contributed by atoms with Crippen molar-refractivity contribution in [2.24, 2.45) is 0 Å². The molecule has 0 spiro atoms. The predicted octanol–water partition coefficient (Wildman–Crippen LogP) is 2.97. The highest BCUT2D eigenvalue weighted by Crippen LogP contribution is 2.32. The summed E-state index contributed by atoms with van der Waals surface area (Å²) in [6.07, 6.45) is 2.89. The Hall–Kier alpha value is -2.48. The molecule has 7 nitrogen and oxygen atoms in total. The molecule has 24 heavy (non-hydrogen) atoms. The van der Waals surface area contributed by atoms with Gasteiger partial charge in [0.1, 0.15) is 10.2 Å². The molecule has 0 aromatic carbocycles. The Kier molecular flexibility index (Phi) is 5.86. The monoisotopic (exact) mass is 394 g/mol. The number of esters is 2. The predicted molar refractivity (Wildman–Crippen MR) is 88.7 cm³/mol. The molecule has 2 aromatic rings. The van der Waals surface area contributed by atoms with Crippen LogP contribution in [-0.2, 0) is 9.47 Å². The van der Waals surface area contributed by atoms with E-state index in [4.69, 9.17) is 9.47 Å². The van der Waals surface area contributed by atoms with Crippen LogP contribution in [0.4, 0.5) is 0 Å². The molecule has 0 fully saturated rings. The average Bonchev–Trinajstić information content (AvgIpc) is 2.57. The Bertz CT molecular complexity index is 779. The number of halogens is 1. The second-order valence-corrected chi connectivity index (χ2v) is 5.31. The lowest BCUT2D eigenvalue weighted by Crippen LogP contribution is -2.09. The van der Waals surface area contributed by atoms with Crippen molar-refractivity contribution < 1.29 is 24.2 Å². The highest BCUT2D eigenvalue weighted by atomic mass is 79.9. The zero-order chi connectivity index (χ0) is 17.7. The molecule has 0 aliphatic rings. The first-order valence-electron chi connectivity index (χ1n) is 7.17. The van der Waals surface area contributed by atoms with Crippen LogP contribution in [0.15, 0.2) is 29.1 Å². The standard InChI is InChI=1S/C16H15BrN2O5/c1-3-23-15(21)9-5-6-18-8-11(9)12-7-10(16(22)24-4-2)13(20)14(17)19-12/h5-8,20H,3-4H2,1-2H3. The Morgan fingerprint density at radius 3 is 2.42 bits per heavy atom. The molecule has 8 heteroatoms. The fourth-order valence-corrected chi connectivity index (χ4v) is 2.40. The first-order chi connectivity index (χ1) is 11.5. The van der Waals surface area contributed by atoms with Gasteiger partial charge in [0.25, 0.3) is 0 Å². The van der Waals surface area contributed by atoms with Gasteiger partial charge in [-0.25, -0.2) is 14.6 Å². The number of hydrogen-bond acceptors (Lipinski definition) is 7. The summed E-state index contributed by atoms with van der Waals surface area (Å²) in [5.74, 6) is -1.56. The minimum atomic E-state index is -0.694. The van der Waals surface area contributed by atoms with E-state index in [9.17, 15) is 14.7 Å². The second-order valence-electron chi connectivity index (χ2n) is 4.56. The van der Waals surface area contributed by atoms with Crippen molar-refractivity contribution >= 4 is 27.9 Å². The van der Waals surface area contributed by atoms with Gasteiger partial charge in [-0.3, -0.25) is 4.98 Å². The molecule has 0 saturated carbocycles. The van der Waals surface area contributed by atoms with E-state index in [1.54, 1.807) is 13.8 Å². The molecule has 2 aromatic heterocycles. The summed E-state index contributed by atoms with van der Waals surface area (Å²) in [6.45, 7) is 3.75. The summed E-state index contributed by atoms with van der Waals surface area (Å²) in [4.78, 5) is 32.2. The van der Waals surface area contributed by atoms with Crippen molar-refractivity contribution in [2.75, 3.05) is 13.2 Å². The van der Waals surface area contributed by atoms with Gasteiger partial charge in [-0.05, 0) is 41.9 Å². The quantitative estimate of drug-likeness (QED) is 0.614. The third-order valence-electron chi connectivity index (χ3n) is 3.04. The zero-order valence-corrected chi connectivity index (χ0v) is 14.7. The van der Waals surface area contributed by atoms with E-state index >= 15 is 0 Å². The minimum Gasteiger partial charge on any atom is -0.504 e. The van der Waals surface area contributed by atoms with Crippen LogP contribution in [0.1, 0.15) is 34.6 Å². The van der Waals surface area contributed by atoms with Gasteiger partial charge < -0.3 is 14.6 Å². The van der Waals surface area contributed by atoms with Gasteiger partial charge in [-0.1, -0.05) is 0 Å². The van der Waals surface area contributed by atoms with E-state index in [2.05, 4.69) is 25.9 Å². The molecule has 0 bridgehead atoms. The van der Waals surface area contributed by atoms with Crippen LogP contribution in [0.25, 0.3) is 11.3 Å². The van der Waals surface area contributed by atoms with Gasteiger partial charge in [-0.15, -0.1) is 0 Å². The highest BCUT2D eigenvalue weighted by molar-refractivity contribution is 9.10. The Morgan fingerprint density at radius 2 is 1.79 bits per heavy atom. The number of carbonyl (C=O) groups excluding carboxylic acids is 2. The number of nitrogens with zero attached hydrogens (tertiary/aromatic N) is 2. The summed E-state index contributed by atoms with van der Waals surface area (Å²) < 4.78 is 9.99. The van der Waals surface area contributed by atoms with Crippen molar-refractivity contribution in [3.63, 3.8) is 0 Å². The summed E-state index contributed by atoms with van der Waals surface area (Å²) in [7, 11) is 0. The number of aromatic hydroxyl groups is 1. The van der Waals surface area contributed by atoms with Crippen molar-refractivity contribution in [3.8, 4) is 17.0 Å². The topological polar surface area (TPSA) is 98.6 Å². The molecular formula is C16H15BrN2O5. The van der Waals surface area contributed by atoms with Crippen LogP contribution < -0.4 is 0 Å². The molecule has 1 N–H and O–H groups in total. The summed E-state index contributed by atoms with van der Waals surface area (Å²) in [5.41, 5.74) is 0.847. The molecule has 2 heterocycles. The molecule has 0 unspecified atom stereocenters. The van der Waals surface area contributed by atoms with Gasteiger partial charge in [0.05, 0.1) is 24.5 Å². The van der Waals surface area contributed by atoms with Crippen molar-refractivity contribution in [1.82, 2.24) is 9.97 Å². The van der Waals surface area contributed by atoms with Crippen molar-refractivity contribution in [1.29, 1.82) is 0 Å². The lowest BCUT2D eigenvalue weighted by atomic mass is 10.0. The SMILES string of the molecule is CCOC(=O)c1ccncc1-c1cc(C(=O)OCC)c(O)c(Br)n1. The smallest absolute Gasteiger partial charge is 0.342 e. The first kappa shape index (κ1) is 17.9. The average molecular weight is 395 g/mol. The molecule has 126 valence electrons. The third kappa shape index (κ3) is 3.70. The van der Waals surface area contributed by atoms with Crippen LogP contribution in [-0.4, -0.2) is 40.2 Å². The lowest BCUT2D eigenvalue weighted by Gasteiger charge is -2.11. The fraction of sp³-hybridized carbons (Fsp3) is 0.250. The van der Waals surface area contributed by atoms with Crippen LogP contribution in [0.2, 0.25) is 0 Å². The number of carbonyl (C=O) groups is 2. The molecule has 0 aliphatic carbocycles. The molecule has 0 amide bonds. The number of rotatable bonds is 5. The molecule has 0 aliphatic heterocycles. The van der Waals surface area contributed by atoms with E-state index in [-0.39, 0.29) is 40.4 Å². The van der Waals surface area contributed by atoms with Crippen molar-refractivity contribution in [2.45, 2.75) is 13.8 Å². The van der Waals surface area contributed by atoms with Gasteiger partial charge in [0.2, 0.25) is 0 Å². The van der Waals surface area contributed by atoms with Gasteiger partial charge in [0, 0.05) is 18.0 Å². The van der Waals surface area contributed by atoms with E-state index in [1.807, 2.05) is 0 Å². The number of ether oxygens (including phenoxy) is 2. The third-order valence-corrected chi connectivity index (χ3v) is 3.59. The summed E-state index contributed by atoms with van der Waals surface area (Å²) in [5, 5.41) is 10.0. The molecule has 0 saturated heterocycles. The maximum Gasteiger partial charge on any atom is 0.342 e. The maximum absolute atomic E-state index is 12.1. The van der Waals surface area contributed by atoms with Gasteiger partial charge in [0.15, 0.2) is 5.75 Å². The normalized spacial score (nSPS) is 10.3. The molecular weight excluding hydrogens is 380 g/mol.